The van der Waals surface area contributed by atoms with Crippen molar-refractivity contribution in [3.8, 4) is 0 Å². The van der Waals surface area contributed by atoms with E-state index in [0.717, 1.165) is 22.2 Å². The monoisotopic (exact) mass is 370 g/mol. The predicted molar refractivity (Wildman–Crippen MR) is 103 cm³/mol. The van der Waals surface area contributed by atoms with Gasteiger partial charge in [-0.05, 0) is 32.4 Å². The van der Waals surface area contributed by atoms with Crippen LogP contribution >= 0.6 is 0 Å². The van der Waals surface area contributed by atoms with Crippen molar-refractivity contribution in [3.05, 3.63) is 41.7 Å². The highest BCUT2D eigenvalue weighted by Crippen LogP contribution is 2.41. The first kappa shape index (κ1) is 18.1. The van der Waals surface area contributed by atoms with Crippen molar-refractivity contribution < 1.29 is 19.0 Å². The van der Waals surface area contributed by atoms with Gasteiger partial charge in [-0.1, -0.05) is 32.0 Å². The third-order valence-corrected chi connectivity index (χ3v) is 5.62. The summed E-state index contributed by atoms with van der Waals surface area (Å²) in [7, 11) is 0. The number of hydrogen-bond donors (Lipinski definition) is 2. The van der Waals surface area contributed by atoms with Crippen LogP contribution in [0.4, 0.5) is 0 Å². The highest BCUT2D eigenvalue weighted by Gasteiger charge is 2.39. The fourth-order valence-electron chi connectivity index (χ4n) is 3.77. The second kappa shape index (κ2) is 6.11. The van der Waals surface area contributed by atoms with Gasteiger partial charge < -0.3 is 24.5 Å². The normalized spacial score (nSPS) is 26.0. The van der Waals surface area contributed by atoms with Crippen LogP contribution in [0.5, 0.6) is 0 Å². The Labute approximate surface area is 158 Å². The first-order valence-corrected chi connectivity index (χ1v) is 9.29. The van der Waals surface area contributed by atoms with Gasteiger partial charge in [-0.25, -0.2) is 4.79 Å². The van der Waals surface area contributed by atoms with Crippen LogP contribution < -0.4 is 5.32 Å². The van der Waals surface area contributed by atoms with Gasteiger partial charge in [0, 0.05) is 28.6 Å². The maximum Gasteiger partial charge on any atom is 0.344 e. The fraction of sp³-hybridized carbons (Fsp3) is 0.476. The van der Waals surface area contributed by atoms with E-state index in [1.165, 1.54) is 0 Å². The highest BCUT2D eigenvalue weighted by atomic mass is 16.8. The maximum absolute atomic E-state index is 13.0. The topological polar surface area (TPSA) is 72.6 Å². The number of rotatable bonds is 2. The number of aromatic nitrogens is 1. The van der Waals surface area contributed by atoms with Crippen LogP contribution in [-0.2, 0) is 24.4 Å². The Hall–Kier alpha value is -2.31. The van der Waals surface area contributed by atoms with Gasteiger partial charge in [-0.3, -0.25) is 0 Å². The first-order valence-electron chi connectivity index (χ1n) is 9.29. The molecule has 0 radical (unpaired) electrons. The van der Waals surface area contributed by atoms with Gasteiger partial charge in [0.1, 0.15) is 6.61 Å². The van der Waals surface area contributed by atoms with Gasteiger partial charge >= 0.3 is 5.97 Å². The number of benzene rings is 1. The smallest absolute Gasteiger partial charge is 0.344 e. The van der Waals surface area contributed by atoms with E-state index in [1.807, 2.05) is 18.2 Å². The zero-order chi connectivity index (χ0) is 19.4. The predicted octanol–water partition coefficient (Wildman–Crippen LogP) is 3.43. The lowest BCUT2D eigenvalue weighted by atomic mass is 9.77. The Balaban J connectivity index is 1.75. The van der Waals surface area contributed by atoms with Crippen LogP contribution in [0.1, 0.15) is 45.9 Å². The van der Waals surface area contributed by atoms with Crippen molar-refractivity contribution in [2.75, 3.05) is 6.61 Å². The summed E-state index contributed by atoms with van der Waals surface area (Å²) in [6, 6.07) is 8.25. The number of hydrogen-bond acceptors (Lipinski definition) is 5. The van der Waals surface area contributed by atoms with Crippen LogP contribution in [0, 0.1) is 0 Å². The third-order valence-electron chi connectivity index (χ3n) is 5.62. The molecule has 27 heavy (non-hydrogen) atoms. The van der Waals surface area contributed by atoms with Crippen molar-refractivity contribution in [2.45, 2.75) is 58.2 Å². The van der Waals surface area contributed by atoms with Crippen molar-refractivity contribution in [1.82, 2.24) is 10.3 Å². The standard InChI is InChI=1S/C21H26N2O4/c1-12-20(2,3)17-13-8-6-7-9-15(13)23-18(17)14(10-22-12)19(24)26-16-11-25-21(4,5)27-16/h6-10,12,16,22-23H,11H2,1-5H3. The third kappa shape index (κ3) is 3.03. The number of nitrogens with one attached hydrogen (secondary N) is 2. The summed E-state index contributed by atoms with van der Waals surface area (Å²) in [6.07, 6.45) is 1.03. The second-order valence-corrected chi connectivity index (χ2v) is 8.25. The molecule has 2 unspecified atom stereocenters. The lowest BCUT2D eigenvalue weighted by Crippen LogP contribution is -2.39. The Morgan fingerprint density at radius 2 is 1.96 bits per heavy atom. The van der Waals surface area contributed by atoms with E-state index in [2.05, 4.69) is 37.1 Å². The van der Waals surface area contributed by atoms with E-state index in [9.17, 15) is 4.79 Å². The number of H-pyrrole nitrogens is 1. The van der Waals surface area contributed by atoms with Crippen LogP contribution in [0.15, 0.2) is 30.5 Å². The maximum atomic E-state index is 13.0. The van der Waals surface area contributed by atoms with E-state index < -0.39 is 18.0 Å². The van der Waals surface area contributed by atoms with Crippen LogP contribution in [0.25, 0.3) is 16.5 Å². The Kier molecular flexibility index (Phi) is 4.09. The zero-order valence-corrected chi connectivity index (χ0v) is 16.4. The van der Waals surface area contributed by atoms with Gasteiger partial charge in [-0.2, -0.15) is 0 Å². The molecule has 6 heteroatoms. The molecule has 0 bridgehead atoms. The molecule has 0 spiro atoms. The molecule has 2 N–H and O–H groups in total. The lowest BCUT2D eigenvalue weighted by Gasteiger charge is -2.31. The molecule has 2 aliphatic rings. The van der Waals surface area contributed by atoms with Crippen molar-refractivity contribution >= 4 is 22.4 Å². The summed E-state index contributed by atoms with van der Waals surface area (Å²) in [6.45, 7) is 10.3. The van der Waals surface area contributed by atoms with E-state index in [1.54, 1.807) is 20.0 Å². The number of carbonyl (C=O) groups is 1. The summed E-state index contributed by atoms with van der Waals surface area (Å²) < 4.78 is 16.7. The van der Waals surface area contributed by atoms with Gasteiger partial charge in [-0.15, -0.1) is 0 Å². The van der Waals surface area contributed by atoms with Crippen LogP contribution in [0.2, 0.25) is 0 Å². The van der Waals surface area contributed by atoms with E-state index in [4.69, 9.17) is 14.2 Å². The van der Waals surface area contributed by atoms with Crippen molar-refractivity contribution in [2.24, 2.45) is 0 Å². The van der Waals surface area contributed by atoms with Gasteiger partial charge in [0.15, 0.2) is 5.79 Å². The first-order chi connectivity index (χ1) is 12.7. The van der Waals surface area contributed by atoms with E-state index in [-0.39, 0.29) is 18.1 Å². The molecule has 4 rings (SSSR count). The molecular weight excluding hydrogens is 344 g/mol. The quantitative estimate of drug-likeness (QED) is 0.793. The molecule has 1 aromatic carbocycles. The van der Waals surface area contributed by atoms with Gasteiger partial charge in [0.2, 0.25) is 6.29 Å². The number of esters is 1. The molecule has 0 aliphatic carbocycles. The average molecular weight is 370 g/mol. The minimum atomic E-state index is -0.746. The van der Waals surface area contributed by atoms with Gasteiger partial charge in [0.25, 0.3) is 0 Å². The molecule has 6 nitrogen and oxygen atoms in total. The average Bonchev–Trinajstić information content (AvgIpc) is 3.12. The number of ether oxygens (including phenoxy) is 3. The zero-order valence-electron chi connectivity index (χ0n) is 16.4. The summed E-state index contributed by atoms with van der Waals surface area (Å²) in [5.74, 6) is -1.18. The van der Waals surface area contributed by atoms with E-state index >= 15 is 0 Å². The van der Waals surface area contributed by atoms with Crippen molar-refractivity contribution in [1.29, 1.82) is 0 Å². The molecule has 2 aliphatic heterocycles. The molecule has 3 heterocycles. The SMILES string of the molecule is CC1NC=C(C(=O)OC2COC(C)(C)O2)c2[nH]c3ccccc3c2C1(C)C. The second-order valence-electron chi connectivity index (χ2n) is 8.25. The Morgan fingerprint density at radius 1 is 1.22 bits per heavy atom. The largest absolute Gasteiger partial charge is 0.429 e. The molecule has 2 aromatic rings. The fourth-order valence-corrected chi connectivity index (χ4v) is 3.77. The number of fused-ring (bicyclic) bond motifs is 3. The number of carbonyl (C=O) groups excluding carboxylic acids is 1. The molecule has 0 saturated carbocycles. The Morgan fingerprint density at radius 3 is 2.67 bits per heavy atom. The summed E-state index contributed by atoms with van der Waals surface area (Å²) >= 11 is 0. The lowest BCUT2D eigenvalue weighted by molar-refractivity contribution is -0.193. The van der Waals surface area contributed by atoms with Crippen LogP contribution in [0.3, 0.4) is 0 Å². The van der Waals surface area contributed by atoms with Crippen LogP contribution in [-0.4, -0.2) is 35.7 Å². The molecule has 1 aromatic heterocycles. The summed E-state index contributed by atoms with van der Waals surface area (Å²) in [5.41, 5.74) is 3.18. The number of para-hydroxylation sites is 1. The Bertz CT molecular complexity index is 925. The minimum Gasteiger partial charge on any atom is -0.429 e. The molecule has 0 amide bonds. The molecule has 1 fully saturated rings. The van der Waals surface area contributed by atoms with Gasteiger partial charge in [0.05, 0.1) is 11.3 Å². The van der Waals surface area contributed by atoms with Crippen molar-refractivity contribution in [3.63, 3.8) is 0 Å². The molecular formula is C21H26N2O4. The number of aromatic amines is 1. The summed E-state index contributed by atoms with van der Waals surface area (Å²) in [4.78, 5) is 16.4. The van der Waals surface area contributed by atoms with E-state index in [0.29, 0.717) is 5.57 Å². The summed E-state index contributed by atoms with van der Waals surface area (Å²) in [5, 5.41) is 4.47. The minimum absolute atomic E-state index is 0.130. The molecule has 144 valence electrons. The molecule has 1 saturated heterocycles. The highest BCUT2D eigenvalue weighted by molar-refractivity contribution is 6.18. The molecule has 2 atom stereocenters.